The Morgan fingerprint density at radius 2 is 1.60 bits per heavy atom. The number of esters is 1. The van der Waals surface area contributed by atoms with E-state index in [2.05, 4.69) is 0 Å². The molecule has 1 aliphatic carbocycles. The maximum absolute atomic E-state index is 14.5. The van der Waals surface area contributed by atoms with E-state index in [1.54, 1.807) is 41.1 Å². The fraction of sp³-hybridized carbons (Fsp3) is 0.755. The Morgan fingerprint density at radius 1 is 0.868 bits per heavy atom. The molecule has 384 valence electrons. The summed E-state index contributed by atoms with van der Waals surface area (Å²) in [6, 6.07) is -1.15. The Labute approximate surface area is 405 Å². The molecule has 4 rings (SSSR count). The zero-order valence-corrected chi connectivity index (χ0v) is 42.4. The minimum atomic E-state index is -2.43. The lowest BCUT2D eigenvalue weighted by molar-refractivity contribution is -0.265. The standard InChI is InChI=1S/C53H83NO14/c1-32-16-12-11-13-17-33(2)44(63-8)30-40-21-19-38(7)53(62,68-40)50(59)51(60)54-23-15-14-18-41(54)52(61)67-45(35(4)28-39-20-22-43(66-25-24-55)46(29-39)64-9)31-42(56)34(3)27-37(6)48(58)49(65-10)47(57)36(5)26-32/h11-13,16-17,27,32,35-41,43-46,48-49,55,58,62H,14-15,18-26,28-31H2,1-10H3/t32-,35-,36?,37?,38-,39+,40+,41+,43-,44+,45+,46-,48-,49+,53-/m1/s1. The van der Waals surface area contributed by atoms with Gasteiger partial charge in [-0.25, -0.2) is 4.79 Å². The Kier molecular flexibility index (Phi) is 22.9. The Hall–Kier alpha value is -3.41. The van der Waals surface area contributed by atoms with E-state index in [1.165, 1.54) is 12.0 Å². The molecule has 3 fully saturated rings. The summed E-state index contributed by atoms with van der Waals surface area (Å²) in [7, 11) is 4.59. The highest BCUT2D eigenvalue weighted by atomic mass is 16.6. The number of allylic oxidation sites excluding steroid dienone is 6. The van der Waals surface area contributed by atoms with E-state index in [0.717, 1.165) is 12.0 Å². The van der Waals surface area contributed by atoms with Crippen LogP contribution in [0.1, 0.15) is 126 Å². The number of fused-ring (bicyclic) bond motifs is 3. The Bertz CT molecular complexity index is 1810. The van der Waals surface area contributed by atoms with E-state index in [-0.39, 0.29) is 74.1 Å². The van der Waals surface area contributed by atoms with E-state index in [4.69, 9.17) is 28.4 Å². The minimum absolute atomic E-state index is 0.0185. The van der Waals surface area contributed by atoms with Crippen LogP contribution in [0.5, 0.6) is 0 Å². The van der Waals surface area contributed by atoms with Gasteiger partial charge in [-0.05, 0) is 107 Å². The van der Waals surface area contributed by atoms with Gasteiger partial charge in [-0.1, -0.05) is 71.1 Å². The highest BCUT2D eigenvalue weighted by Gasteiger charge is 2.53. The van der Waals surface area contributed by atoms with Crippen LogP contribution in [-0.4, -0.2) is 145 Å². The first-order valence-corrected chi connectivity index (χ1v) is 25.0. The van der Waals surface area contributed by atoms with Crippen molar-refractivity contribution < 1.29 is 67.7 Å². The molecule has 3 aliphatic heterocycles. The molecule has 15 atom stereocenters. The maximum atomic E-state index is 14.5. The number of ketones is 3. The molecule has 0 aromatic rings. The second kappa shape index (κ2) is 27.3. The van der Waals surface area contributed by atoms with Crippen molar-refractivity contribution in [1.29, 1.82) is 0 Å². The van der Waals surface area contributed by atoms with Crippen LogP contribution >= 0.6 is 0 Å². The molecule has 2 unspecified atom stereocenters. The number of nitrogens with zero attached hydrogens (tertiary/aromatic N) is 1. The Balaban J connectivity index is 1.70. The lowest BCUT2D eigenvalue weighted by Crippen LogP contribution is -2.61. The van der Waals surface area contributed by atoms with Crippen molar-refractivity contribution >= 4 is 29.2 Å². The monoisotopic (exact) mass is 958 g/mol. The predicted octanol–water partition coefficient (Wildman–Crippen LogP) is 6.20. The van der Waals surface area contributed by atoms with Crippen LogP contribution in [0.2, 0.25) is 0 Å². The van der Waals surface area contributed by atoms with Gasteiger partial charge in [0.15, 0.2) is 11.6 Å². The van der Waals surface area contributed by atoms with Gasteiger partial charge < -0.3 is 48.6 Å². The molecule has 2 bridgehead atoms. The number of ether oxygens (including phenoxy) is 6. The first-order chi connectivity index (χ1) is 32.3. The summed E-state index contributed by atoms with van der Waals surface area (Å²) in [6.07, 6.45) is 12.0. The van der Waals surface area contributed by atoms with Crippen molar-refractivity contribution in [2.24, 2.45) is 35.5 Å². The predicted molar refractivity (Wildman–Crippen MR) is 256 cm³/mol. The summed E-state index contributed by atoms with van der Waals surface area (Å²) < 4.78 is 35.6. The van der Waals surface area contributed by atoms with Crippen LogP contribution in [0.25, 0.3) is 0 Å². The van der Waals surface area contributed by atoms with Crippen molar-refractivity contribution in [3.8, 4) is 0 Å². The van der Waals surface area contributed by atoms with Crippen LogP contribution in [0.4, 0.5) is 0 Å². The number of aliphatic hydroxyl groups is 3. The van der Waals surface area contributed by atoms with Crippen molar-refractivity contribution in [1.82, 2.24) is 4.90 Å². The van der Waals surface area contributed by atoms with Gasteiger partial charge in [0, 0.05) is 58.5 Å². The molecular formula is C53H83NO14. The summed E-state index contributed by atoms with van der Waals surface area (Å²) >= 11 is 0. The zero-order chi connectivity index (χ0) is 50.3. The molecule has 1 amide bonds. The van der Waals surface area contributed by atoms with Gasteiger partial charge in [0.1, 0.15) is 18.2 Å². The van der Waals surface area contributed by atoms with Crippen molar-refractivity contribution in [2.75, 3.05) is 41.1 Å². The van der Waals surface area contributed by atoms with Gasteiger partial charge in [0.25, 0.3) is 11.7 Å². The quantitative estimate of drug-likeness (QED) is 0.174. The number of amides is 1. The summed E-state index contributed by atoms with van der Waals surface area (Å²) in [5.41, 5.74) is 1.19. The number of Topliss-reactive ketones (excluding diaryl/α,β-unsaturated/α-hetero) is 3. The first-order valence-electron chi connectivity index (χ1n) is 25.0. The molecule has 15 nitrogen and oxygen atoms in total. The summed E-state index contributed by atoms with van der Waals surface area (Å²) in [5, 5.41) is 32.8. The number of aliphatic hydroxyl groups excluding tert-OH is 2. The number of hydrogen-bond acceptors (Lipinski definition) is 14. The lowest BCUT2D eigenvalue weighted by Gasteiger charge is -2.42. The van der Waals surface area contributed by atoms with Crippen LogP contribution in [0.3, 0.4) is 0 Å². The molecule has 1 saturated carbocycles. The topological polar surface area (TPSA) is 205 Å². The third kappa shape index (κ3) is 15.3. The van der Waals surface area contributed by atoms with Crippen LogP contribution < -0.4 is 0 Å². The van der Waals surface area contributed by atoms with Gasteiger partial charge in [-0.3, -0.25) is 19.2 Å². The van der Waals surface area contributed by atoms with Gasteiger partial charge in [0.2, 0.25) is 5.79 Å². The van der Waals surface area contributed by atoms with E-state index in [0.29, 0.717) is 63.4 Å². The van der Waals surface area contributed by atoms with Crippen molar-refractivity contribution in [2.45, 2.75) is 180 Å². The molecule has 0 spiro atoms. The minimum Gasteiger partial charge on any atom is -0.460 e. The molecule has 0 aromatic heterocycles. The van der Waals surface area contributed by atoms with Crippen LogP contribution in [0, 0.1) is 35.5 Å². The van der Waals surface area contributed by atoms with E-state index < -0.39 is 77.8 Å². The fourth-order valence-electron chi connectivity index (χ4n) is 10.5. The smallest absolute Gasteiger partial charge is 0.329 e. The maximum Gasteiger partial charge on any atom is 0.329 e. The van der Waals surface area contributed by atoms with Gasteiger partial charge in [-0.2, -0.15) is 0 Å². The number of carbonyl (C=O) groups excluding carboxylic acids is 5. The van der Waals surface area contributed by atoms with Gasteiger partial charge >= 0.3 is 5.97 Å². The number of rotatable bonds is 9. The number of methoxy groups -OCH3 is 3. The van der Waals surface area contributed by atoms with E-state index >= 15 is 0 Å². The van der Waals surface area contributed by atoms with Gasteiger partial charge in [-0.15, -0.1) is 0 Å². The van der Waals surface area contributed by atoms with Gasteiger partial charge in [0.05, 0.1) is 43.7 Å². The summed E-state index contributed by atoms with van der Waals surface area (Å²) in [5.74, 6) is -7.94. The number of cyclic esters (lactones) is 1. The van der Waals surface area contributed by atoms with Crippen LogP contribution in [-0.2, 0) is 52.4 Å². The Morgan fingerprint density at radius 3 is 2.28 bits per heavy atom. The average molecular weight is 958 g/mol. The highest BCUT2D eigenvalue weighted by molar-refractivity contribution is 6.39. The third-order valence-electron chi connectivity index (χ3n) is 14.9. The highest BCUT2D eigenvalue weighted by Crippen LogP contribution is 2.38. The molecule has 15 heteroatoms. The largest absolute Gasteiger partial charge is 0.460 e. The fourth-order valence-corrected chi connectivity index (χ4v) is 10.5. The first kappa shape index (κ1) is 57.2. The molecule has 68 heavy (non-hydrogen) atoms. The lowest BCUT2D eigenvalue weighted by atomic mass is 9.78. The van der Waals surface area contributed by atoms with E-state index in [1.807, 2.05) is 58.1 Å². The molecule has 2 saturated heterocycles. The number of hydrogen-bond donors (Lipinski definition) is 3. The second-order valence-corrected chi connectivity index (χ2v) is 20.2. The van der Waals surface area contributed by atoms with Crippen molar-refractivity contribution in [3.05, 3.63) is 47.6 Å². The molecule has 3 N–H and O–H groups in total. The molecule has 3 heterocycles. The zero-order valence-electron chi connectivity index (χ0n) is 42.4. The average Bonchev–Trinajstić information content (AvgIpc) is 3.32. The molecule has 0 aromatic carbocycles. The number of piperidine rings is 1. The molecule has 4 aliphatic rings. The van der Waals surface area contributed by atoms with E-state index in [9.17, 15) is 39.3 Å². The SMILES string of the molecule is CO[C@H]1C[C@@H]2CC[C@@H](C)[C@@](O)(O2)C(=O)C(=O)N2CCCC[C@H]2C(=O)O[C@H]([C@H](C)C[C@@H]2CC[C@@H](OCCO)[C@H](OC)C2)CC(=O)C(C)=CC(C)[C@@H](O)[C@@H](OC)C(=O)C(C)C[C@H](C)C=CC=CC=C1C. The van der Waals surface area contributed by atoms with Crippen molar-refractivity contribution in [3.63, 3.8) is 0 Å². The second-order valence-electron chi connectivity index (χ2n) is 20.2. The molecular weight excluding hydrogens is 875 g/mol. The molecule has 0 radical (unpaired) electrons. The third-order valence-corrected chi connectivity index (χ3v) is 14.9. The van der Waals surface area contributed by atoms with Crippen LogP contribution in [0.15, 0.2) is 47.6 Å². The summed E-state index contributed by atoms with van der Waals surface area (Å²) in [4.78, 5) is 72.1. The summed E-state index contributed by atoms with van der Waals surface area (Å²) in [6.45, 7) is 12.9. The number of carbonyl (C=O) groups is 5. The normalized spacial score (nSPS) is 36.7.